The smallest absolute Gasteiger partial charge is 0.313 e. The van der Waals surface area contributed by atoms with Crippen molar-refractivity contribution in [1.29, 1.82) is 0 Å². The van der Waals surface area contributed by atoms with Gasteiger partial charge in [0.1, 0.15) is 0 Å². The molecule has 2 N–H and O–H groups in total. The van der Waals surface area contributed by atoms with Gasteiger partial charge in [-0.25, -0.2) is 0 Å². The molecule has 0 saturated heterocycles. The zero-order valence-corrected chi connectivity index (χ0v) is 13.5. The Bertz CT molecular complexity index is 689. The maximum atomic E-state index is 11.8. The molecule has 122 valence electrons. The van der Waals surface area contributed by atoms with Crippen LogP contribution in [0.25, 0.3) is 0 Å². The lowest BCUT2D eigenvalue weighted by atomic mass is 10.1. The van der Waals surface area contributed by atoms with Gasteiger partial charge in [-0.1, -0.05) is 11.2 Å². The molecule has 1 aromatic carbocycles. The Hall–Kier alpha value is -2.70. The summed E-state index contributed by atoms with van der Waals surface area (Å²) in [5.74, 6) is -0.234. The predicted octanol–water partition coefficient (Wildman–Crippen LogP) is 1.68. The topological polar surface area (TPSA) is 97.1 Å². The molecule has 2 aromatic rings. The third-order valence-electron chi connectivity index (χ3n) is 3.11. The summed E-state index contributed by atoms with van der Waals surface area (Å²) in [5.41, 5.74) is 2.66. The minimum absolute atomic E-state index is 0.362. The van der Waals surface area contributed by atoms with Crippen LogP contribution in [-0.4, -0.2) is 28.5 Å². The molecule has 0 unspecified atom stereocenters. The molecule has 23 heavy (non-hydrogen) atoms. The molecular weight excluding hydrogens is 296 g/mol. The highest BCUT2D eigenvalue weighted by Gasteiger charge is 2.13. The monoisotopic (exact) mass is 316 g/mol. The van der Waals surface area contributed by atoms with Gasteiger partial charge >= 0.3 is 11.8 Å². The highest BCUT2D eigenvalue weighted by atomic mass is 16.5. The number of carbonyl (C=O) groups excluding carboxylic acids is 2. The SMILES string of the molecule is Cc1cc(C)cc(NC(=O)C(=O)NCCCc2nc(C)no2)c1. The second-order valence-corrected chi connectivity index (χ2v) is 5.43. The quantitative estimate of drug-likeness (QED) is 0.646. The maximum absolute atomic E-state index is 11.8. The van der Waals surface area contributed by atoms with Gasteiger partial charge in [0.2, 0.25) is 5.89 Å². The standard InChI is InChI=1S/C16H20N4O3/c1-10-7-11(2)9-13(8-10)19-16(22)15(21)17-6-4-5-14-18-12(3)20-23-14/h7-9H,4-6H2,1-3H3,(H,17,21)(H,19,22). The summed E-state index contributed by atoms with van der Waals surface area (Å²) in [6.07, 6.45) is 1.17. The number of carbonyl (C=O) groups is 2. The number of rotatable bonds is 5. The molecule has 0 spiro atoms. The van der Waals surface area contributed by atoms with Crippen LogP contribution in [0.4, 0.5) is 5.69 Å². The van der Waals surface area contributed by atoms with Gasteiger partial charge in [-0.2, -0.15) is 4.98 Å². The van der Waals surface area contributed by atoms with E-state index in [1.807, 2.05) is 32.0 Å². The Kier molecular flexibility index (Phi) is 5.46. The molecule has 0 saturated carbocycles. The molecular formula is C16H20N4O3. The van der Waals surface area contributed by atoms with Crippen LogP contribution >= 0.6 is 0 Å². The van der Waals surface area contributed by atoms with Crippen molar-refractivity contribution < 1.29 is 14.1 Å². The number of amides is 2. The third kappa shape index (κ3) is 5.21. The molecule has 0 fully saturated rings. The average Bonchev–Trinajstić information content (AvgIpc) is 2.87. The van der Waals surface area contributed by atoms with E-state index >= 15 is 0 Å². The van der Waals surface area contributed by atoms with Crippen LogP contribution in [0.1, 0.15) is 29.3 Å². The number of nitrogens with zero attached hydrogens (tertiary/aromatic N) is 2. The molecule has 2 rings (SSSR count). The normalized spacial score (nSPS) is 10.4. The predicted molar refractivity (Wildman–Crippen MR) is 84.9 cm³/mol. The first-order valence-electron chi connectivity index (χ1n) is 7.40. The fourth-order valence-corrected chi connectivity index (χ4v) is 2.20. The summed E-state index contributed by atoms with van der Waals surface area (Å²) in [5, 5.41) is 8.84. The van der Waals surface area contributed by atoms with Crippen LogP contribution in [0.2, 0.25) is 0 Å². The van der Waals surface area contributed by atoms with E-state index in [1.54, 1.807) is 6.92 Å². The molecule has 7 heteroatoms. The number of benzene rings is 1. The summed E-state index contributed by atoms with van der Waals surface area (Å²) in [6.45, 7) is 5.97. The van der Waals surface area contributed by atoms with Crippen LogP contribution in [0.15, 0.2) is 22.7 Å². The fraction of sp³-hybridized carbons (Fsp3) is 0.375. The number of anilines is 1. The van der Waals surface area contributed by atoms with Gasteiger partial charge in [0.15, 0.2) is 5.82 Å². The summed E-state index contributed by atoms with van der Waals surface area (Å²) >= 11 is 0. The van der Waals surface area contributed by atoms with E-state index in [4.69, 9.17) is 4.52 Å². The van der Waals surface area contributed by atoms with E-state index in [1.165, 1.54) is 0 Å². The van der Waals surface area contributed by atoms with Gasteiger partial charge in [0.25, 0.3) is 0 Å². The largest absolute Gasteiger partial charge is 0.348 e. The molecule has 7 nitrogen and oxygen atoms in total. The van der Waals surface area contributed by atoms with E-state index in [0.29, 0.717) is 36.8 Å². The summed E-state index contributed by atoms with van der Waals surface area (Å²) in [7, 11) is 0. The highest BCUT2D eigenvalue weighted by Crippen LogP contribution is 2.13. The van der Waals surface area contributed by atoms with E-state index in [9.17, 15) is 9.59 Å². The van der Waals surface area contributed by atoms with Gasteiger partial charge in [-0.15, -0.1) is 0 Å². The molecule has 2 amide bonds. The molecule has 0 radical (unpaired) electrons. The van der Waals surface area contributed by atoms with Crippen molar-refractivity contribution in [3.8, 4) is 0 Å². The molecule has 0 aliphatic rings. The number of hydrogen-bond donors (Lipinski definition) is 2. The third-order valence-corrected chi connectivity index (χ3v) is 3.11. The highest BCUT2D eigenvalue weighted by molar-refractivity contribution is 6.39. The van der Waals surface area contributed by atoms with Crippen LogP contribution in [0.3, 0.4) is 0 Å². The van der Waals surface area contributed by atoms with Gasteiger partial charge in [-0.05, 0) is 50.5 Å². The van der Waals surface area contributed by atoms with Gasteiger partial charge in [-0.3, -0.25) is 9.59 Å². The minimum Gasteiger partial charge on any atom is -0.348 e. The minimum atomic E-state index is -0.677. The van der Waals surface area contributed by atoms with Crippen molar-refractivity contribution in [3.05, 3.63) is 41.0 Å². The lowest BCUT2D eigenvalue weighted by Crippen LogP contribution is -2.36. The average molecular weight is 316 g/mol. The molecule has 1 heterocycles. The molecule has 1 aromatic heterocycles. The Morgan fingerprint density at radius 3 is 2.39 bits per heavy atom. The Morgan fingerprint density at radius 1 is 1.09 bits per heavy atom. The van der Waals surface area contributed by atoms with E-state index in [2.05, 4.69) is 20.8 Å². The molecule has 0 aliphatic carbocycles. The number of aromatic nitrogens is 2. The molecule has 0 aliphatic heterocycles. The lowest BCUT2D eigenvalue weighted by Gasteiger charge is -2.08. The van der Waals surface area contributed by atoms with Crippen molar-refractivity contribution in [2.45, 2.75) is 33.6 Å². The first-order chi connectivity index (χ1) is 10.9. The van der Waals surface area contributed by atoms with Gasteiger partial charge in [0, 0.05) is 18.7 Å². The van der Waals surface area contributed by atoms with Crippen molar-refractivity contribution >= 4 is 17.5 Å². The Balaban J connectivity index is 1.75. The van der Waals surface area contributed by atoms with Crippen LogP contribution < -0.4 is 10.6 Å². The second-order valence-electron chi connectivity index (χ2n) is 5.43. The number of nitrogens with one attached hydrogen (secondary N) is 2. The zero-order chi connectivity index (χ0) is 16.8. The summed E-state index contributed by atoms with van der Waals surface area (Å²) < 4.78 is 4.97. The number of aryl methyl sites for hydroxylation is 4. The second kappa shape index (κ2) is 7.53. The van der Waals surface area contributed by atoms with Gasteiger partial charge in [0.05, 0.1) is 0 Å². The first kappa shape index (κ1) is 16.7. The first-order valence-corrected chi connectivity index (χ1v) is 7.40. The molecule has 0 atom stereocenters. The number of hydrogen-bond acceptors (Lipinski definition) is 5. The van der Waals surface area contributed by atoms with Gasteiger partial charge < -0.3 is 15.2 Å². The van der Waals surface area contributed by atoms with Crippen LogP contribution in [0, 0.1) is 20.8 Å². The van der Waals surface area contributed by atoms with Crippen molar-refractivity contribution in [2.24, 2.45) is 0 Å². The van der Waals surface area contributed by atoms with E-state index in [-0.39, 0.29) is 0 Å². The van der Waals surface area contributed by atoms with Crippen LogP contribution in [-0.2, 0) is 16.0 Å². The summed E-state index contributed by atoms with van der Waals surface area (Å²) in [6, 6.07) is 5.63. The van der Waals surface area contributed by atoms with Crippen LogP contribution in [0.5, 0.6) is 0 Å². The fourth-order valence-electron chi connectivity index (χ4n) is 2.20. The van der Waals surface area contributed by atoms with Crippen molar-refractivity contribution in [3.63, 3.8) is 0 Å². The maximum Gasteiger partial charge on any atom is 0.313 e. The van der Waals surface area contributed by atoms with Crippen molar-refractivity contribution in [1.82, 2.24) is 15.5 Å². The lowest BCUT2D eigenvalue weighted by molar-refractivity contribution is -0.136. The van der Waals surface area contributed by atoms with E-state index < -0.39 is 11.8 Å². The zero-order valence-electron chi connectivity index (χ0n) is 13.5. The summed E-state index contributed by atoms with van der Waals surface area (Å²) in [4.78, 5) is 27.7. The Labute approximate surface area is 134 Å². The van der Waals surface area contributed by atoms with Crippen molar-refractivity contribution in [2.75, 3.05) is 11.9 Å². The molecule has 0 bridgehead atoms. The Morgan fingerprint density at radius 2 is 1.78 bits per heavy atom. The van der Waals surface area contributed by atoms with E-state index in [0.717, 1.165) is 11.1 Å².